The van der Waals surface area contributed by atoms with E-state index in [0.717, 1.165) is 25.7 Å². The molecular formula is C14H22BrN3O2. The smallest absolute Gasteiger partial charge is 0.283 e. The zero-order chi connectivity index (χ0) is 14.7. The fourth-order valence-corrected chi connectivity index (χ4v) is 2.94. The van der Waals surface area contributed by atoms with Crippen LogP contribution in [0.5, 0.6) is 0 Å². The van der Waals surface area contributed by atoms with Crippen molar-refractivity contribution in [3.8, 4) is 0 Å². The molecule has 0 saturated heterocycles. The van der Waals surface area contributed by atoms with Gasteiger partial charge < -0.3 is 10.4 Å². The van der Waals surface area contributed by atoms with Crippen molar-refractivity contribution in [3.63, 3.8) is 0 Å². The Hall–Kier alpha value is -0.880. The van der Waals surface area contributed by atoms with Crippen molar-refractivity contribution in [2.45, 2.75) is 58.2 Å². The highest BCUT2D eigenvalue weighted by Crippen LogP contribution is 2.24. The second-order valence-electron chi connectivity index (χ2n) is 5.86. The molecule has 5 nitrogen and oxygen atoms in total. The maximum Gasteiger partial charge on any atom is 0.283 e. The van der Waals surface area contributed by atoms with Crippen LogP contribution in [0.1, 0.15) is 39.5 Å². The molecule has 0 bridgehead atoms. The predicted molar refractivity (Wildman–Crippen MR) is 82.9 cm³/mol. The number of nitrogens with zero attached hydrogens (tertiary/aromatic N) is 2. The van der Waals surface area contributed by atoms with Gasteiger partial charge in [0.2, 0.25) is 0 Å². The van der Waals surface area contributed by atoms with Crippen molar-refractivity contribution in [2.75, 3.05) is 5.32 Å². The van der Waals surface area contributed by atoms with Crippen LogP contribution in [0.15, 0.2) is 15.5 Å². The lowest BCUT2D eigenvalue weighted by Crippen LogP contribution is -2.37. The Labute approximate surface area is 127 Å². The largest absolute Gasteiger partial charge is 0.391 e. The molecule has 1 saturated carbocycles. The van der Waals surface area contributed by atoms with Crippen LogP contribution < -0.4 is 10.9 Å². The van der Waals surface area contributed by atoms with E-state index < -0.39 is 0 Å². The number of aromatic nitrogens is 2. The van der Waals surface area contributed by atoms with Crippen molar-refractivity contribution in [3.05, 3.63) is 21.0 Å². The molecule has 0 aromatic carbocycles. The number of nitrogens with one attached hydrogen (secondary N) is 1. The molecule has 0 spiro atoms. The topological polar surface area (TPSA) is 67.2 Å². The van der Waals surface area contributed by atoms with E-state index in [1.807, 2.05) is 13.8 Å². The molecule has 0 aliphatic heterocycles. The fraction of sp³-hybridized carbons (Fsp3) is 0.714. The summed E-state index contributed by atoms with van der Waals surface area (Å²) in [5.41, 5.74) is 0.537. The van der Waals surface area contributed by atoms with Crippen LogP contribution in [0.2, 0.25) is 0 Å². The van der Waals surface area contributed by atoms with Crippen LogP contribution in [-0.4, -0.2) is 27.0 Å². The number of hydrogen-bond acceptors (Lipinski definition) is 4. The normalized spacial score (nSPS) is 23.1. The van der Waals surface area contributed by atoms with Crippen molar-refractivity contribution in [1.29, 1.82) is 0 Å². The van der Waals surface area contributed by atoms with E-state index >= 15 is 0 Å². The zero-order valence-corrected chi connectivity index (χ0v) is 13.6. The van der Waals surface area contributed by atoms with E-state index in [2.05, 4.69) is 26.3 Å². The molecule has 1 aliphatic rings. The Morgan fingerprint density at radius 2 is 2.20 bits per heavy atom. The maximum atomic E-state index is 12.2. The van der Waals surface area contributed by atoms with Gasteiger partial charge in [-0.2, -0.15) is 5.10 Å². The van der Waals surface area contributed by atoms with Crippen LogP contribution in [0.3, 0.4) is 0 Å². The molecule has 1 aromatic heterocycles. The summed E-state index contributed by atoms with van der Waals surface area (Å²) >= 11 is 3.35. The molecule has 2 atom stereocenters. The van der Waals surface area contributed by atoms with Crippen molar-refractivity contribution in [2.24, 2.45) is 5.92 Å². The van der Waals surface area contributed by atoms with Crippen LogP contribution in [0.25, 0.3) is 0 Å². The molecule has 2 N–H and O–H groups in total. The van der Waals surface area contributed by atoms with Crippen LogP contribution in [0, 0.1) is 5.92 Å². The molecule has 1 aromatic rings. The van der Waals surface area contributed by atoms with Crippen LogP contribution in [0.4, 0.5) is 5.69 Å². The number of aliphatic hydroxyl groups excluding tert-OH is 1. The first-order chi connectivity index (χ1) is 9.49. The summed E-state index contributed by atoms with van der Waals surface area (Å²) in [5.74, 6) is 0.367. The number of anilines is 1. The minimum Gasteiger partial charge on any atom is -0.391 e. The van der Waals surface area contributed by atoms with E-state index in [9.17, 15) is 9.90 Å². The number of halogens is 1. The Morgan fingerprint density at radius 1 is 1.50 bits per heavy atom. The summed E-state index contributed by atoms with van der Waals surface area (Å²) in [5, 5.41) is 17.4. The first-order valence-corrected chi connectivity index (χ1v) is 7.98. The van der Waals surface area contributed by atoms with E-state index in [-0.39, 0.29) is 17.7 Å². The molecule has 2 unspecified atom stereocenters. The van der Waals surface area contributed by atoms with E-state index in [4.69, 9.17) is 0 Å². The van der Waals surface area contributed by atoms with Crippen molar-refractivity contribution >= 4 is 21.6 Å². The predicted octanol–water partition coefficient (Wildman–Crippen LogP) is 2.38. The standard InChI is InChI=1S/C14H22BrN3O2/c1-9(2)8-18-14(20)13(15)11(7-16-18)17-10-5-3-4-6-12(10)19/h7,9-10,12,17,19H,3-6,8H2,1-2H3. The average Bonchev–Trinajstić information content (AvgIpc) is 2.40. The summed E-state index contributed by atoms with van der Waals surface area (Å²) in [6.45, 7) is 4.70. The Bertz CT molecular complexity index is 516. The summed E-state index contributed by atoms with van der Waals surface area (Å²) < 4.78 is 1.96. The lowest BCUT2D eigenvalue weighted by Gasteiger charge is -2.29. The molecule has 20 heavy (non-hydrogen) atoms. The SMILES string of the molecule is CC(C)Cn1ncc(NC2CCCCC2O)c(Br)c1=O. The maximum absolute atomic E-state index is 12.2. The summed E-state index contributed by atoms with van der Waals surface area (Å²) in [4.78, 5) is 12.2. The van der Waals surface area contributed by atoms with Gasteiger partial charge in [0.1, 0.15) is 4.47 Å². The van der Waals surface area contributed by atoms with Gasteiger partial charge in [-0.3, -0.25) is 4.79 Å². The Kier molecular flexibility index (Phi) is 5.21. The molecule has 0 radical (unpaired) electrons. The zero-order valence-electron chi connectivity index (χ0n) is 12.0. The highest BCUT2D eigenvalue weighted by molar-refractivity contribution is 9.10. The van der Waals surface area contributed by atoms with Crippen molar-refractivity contribution in [1.82, 2.24) is 9.78 Å². The van der Waals surface area contributed by atoms with Crippen molar-refractivity contribution < 1.29 is 5.11 Å². The van der Waals surface area contributed by atoms with Gasteiger partial charge in [0.15, 0.2) is 0 Å². The molecule has 1 fully saturated rings. The Morgan fingerprint density at radius 3 is 2.85 bits per heavy atom. The number of hydrogen-bond donors (Lipinski definition) is 2. The third kappa shape index (κ3) is 3.61. The number of aliphatic hydroxyl groups is 1. The highest BCUT2D eigenvalue weighted by atomic mass is 79.9. The highest BCUT2D eigenvalue weighted by Gasteiger charge is 2.24. The van der Waals surface area contributed by atoms with Gasteiger partial charge in [-0.1, -0.05) is 26.7 Å². The molecular weight excluding hydrogens is 322 g/mol. The third-order valence-corrected chi connectivity index (χ3v) is 4.36. The van der Waals surface area contributed by atoms with Crippen LogP contribution >= 0.6 is 15.9 Å². The molecule has 2 rings (SSSR count). The first-order valence-electron chi connectivity index (χ1n) is 7.19. The minimum absolute atomic E-state index is 0.00204. The lowest BCUT2D eigenvalue weighted by molar-refractivity contribution is 0.116. The van der Waals surface area contributed by atoms with Gasteiger partial charge >= 0.3 is 0 Å². The van der Waals surface area contributed by atoms with Gasteiger partial charge in [-0.25, -0.2) is 4.68 Å². The summed E-state index contributed by atoms with van der Waals surface area (Å²) in [6, 6.07) is 0.00204. The molecule has 1 heterocycles. The van der Waals surface area contributed by atoms with Gasteiger partial charge in [-0.05, 0) is 34.7 Å². The first kappa shape index (κ1) is 15.5. The van der Waals surface area contributed by atoms with E-state index in [1.54, 1.807) is 6.20 Å². The molecule has 0 amide bonds. The number of rotatable bonds is 4. The quantitative estimate of drug-likeness (QED) is 0.880. The van der Waals surface area contributed by atoms with Crippen LogP contribution in [-0.2, 0) is 6.54 Å². The van der Waals surface area contributed by atoms with E-state index in [0.29, 0.717) is 22.6 Å². The summed E-state index contributed by atoms with van der Waals surface area (Å²) in [6.07, 6.45) is 5.21. The Balaban J connectivity index is 2.16. The molecule has 6 heteroatoms. The molecule has 1 aliphatic carbocycles. The molecule has 112 valence electrons. The average molecular weight is 344 g/mol. The third-order valence-electron chi connectivity index (χ3n) is 3.59. The van der Waals surface area contributed by atoms with Gasteiger partial charge in [0.25, 0.3) is 5.56 Å². The fourth-order valence-electron chi connectivity index (χ4n) is 2.52. The lowest BCUT2D eigenvalue weighted by atomic mass is 9.92. The van der Waals surface area contributed by atoms with E-state index in [1.165, 1.54) is 4.68 Å². The second-order valence-corrected chi connectivity index (χ2v) is 6.65. The summed E-state index contributed by atoms with van der Waals surface area (Å²) in [7, 11) is 0. The minimum atomic E-state index is -0.353. The van der Waals surface area contributed by atoms with Gasteiger partial charge in [-0.15, -0.1) is 0 Å². The van der Waals surface area contributed by atoms with Gasteiger partial charge in [0.05, 0.1) is 24.0 Å². The monoisotopic (exact) mass is 343 g/mol. The second kappa shape index (κ2) is 6.72. The van der Waals surface area contributed by atoms with Gasteiger partial charge in [0, 0.05) is 6.54 Å².